The maximum Gasteiger partial charge on any atom is 0.296 e. The van der Waals surface area contributed by atoms with Crippen LogP contribution < -0.4 is 10.1 Å². The van der Waals surface area contributed by atoms with E-state index in [4.69, 9.17) is 25.7 Å². The van der Waals surface area contributed by atoms with E-state index >= 15 is 0 Å². The predicted molar refractivity (Wildman–Crippen MR) is 214 cm³/mol. The average Bonchev–Trinajstić information content (AvgIpc) is 3.71. The minimum absolute atomic E-state index is 0.0458. The first-order valence-electron chi connectivity index (χ1n) is 20.6. The Morgan fingerprint density at radius 3 is 2.41 bits per heavy atom. The maximum atomic E-state index is 14.9. The van der Waals surface area contributed by atoms with Crippen LogP contribution in [-0.2, 0) is 24.0 Å². The number of carbonyl (C=O) groups excluding carboxylic acids is 5. The molecule has 1 aromatic carbocycles. The van der Waals surface area contributed by atoms with Crippen LogP contribution in [0.3, 0.4) is 0 Å². The third-order valence-corrected chi connectivity index (χ3v) is 12.1. The lowest BCUT2D eigenvalue weighted by Crippen LogP contribution is -2.49. The maximum absolute atomic E-state index is 14.9. The van der Waals surface area contributed by atoms with E-state index in [0.29, 0.717) is 29.3 Å². The van der Waals surface area contributed by atoms with Crippen molar-refractivity contribution in [1.82, 2.24) is 14.9 Å². The Morgan fingerprint density at radius 2 is 1.77 bits per heavy atom. The number of hydrogen-bond donors (Lipinski definition) is 1. The number of aryl methyl sites for hydroxylation is 1. The summed E-state index contributed by atoms with van der Waals surface area (Å²) in [6.07, 6.45) is 8.95. The highest BCUT2D eigenvalue weighted by atomic mass is 35.5. The number of amides is 1. The summed E-state index contributed by atoms with van der Waals surface area (Å²) in [6, 6.07) is 7.79. The number of ketones is 4. The number of oxazole rings is 1. The summed E-state index contributed by atoms with van der Waals surface area (Å²) in [5.41, 5.74) is 1.68. The van der Waals surface area contributed by atoms with Gasteiger partial charge in [0.2, 0.25) is 17.6 Å². The SMILES string of the molecule is CCC[C@H](CC(=O)[C@@H]1C[C@@H](Oc2ccc(Cl)cn2)CN1C(=O)[C@@H](CC(=O)[C@@H](Nc1nc2c(C)cccc2o1)C1CCCCC1)C(C)(C)C)C(=O)C(=O)CC1CC1. The van der Waals surface area contributed by atoms with Crippen molar-refractivity contribution in [1.29, 1.82) is 0 Å². The van der Waals surface area contributed by atoms with E-state index in [1.807, 2.05) is 52.8 Å². The monoisotopic (exact) mass is 788 g/mol. The van der Waals surface area contributed by atoms with Crippen molar-refractivity contribution in [3.63, 3.8) is 0 Å². The highest BCUT2D eigenvalue weighted by Gasteiger charge is 2.47. The fourth-order valence-corrected chi connectivity index (χ4v) is 8.61. The third-order valence-electron chi connectivity index (χ3n) is 11.9. The molecule has 5 atom stereocenters. The zero-order valence-corrected chi connectivity index (χ0v) is 34.2. The molecule has 3 fully saturated rings. The number of likely N-dealkylation sites (tertiary alicyclic amines) is 1. The number of nitrogens with one attached hydrogen (secondary N) is 1. The molecule has 1 aliphatic heterocycles. The zero-order valence-electron chi connectivity index (χ0n) is 33.5. The van der Waals surface area contributed by atoms with Gasteiger partial charge in [0.1, 0.15) is 11.6 Å². The first-order chi connectivity index (χ1) is 26.7. The molecule has 1 N–H and O–H groups in total. The summed E-state index contributed by atoms with van der Waals surface area (Å²) in [5, 5.41) is 3.81. The Bertz CT molecular complexity index is 1890. The molecule has 3 aliphatic rings. The van der Waals surface area contributed by atoms with E-state index in [-0.39, 0.29) is 67.6 Å². The van der Waals surface area contributed by atoms with Crippen LogP contribution in [0.15, 0.2) is 40.9 Å². The zero-order chi connectivity index (χ0) is 40.1. The number of anilines is 1. The van der Waals surface area contributed by atoms with Crippen LogP contribution in [0, 0.1) is 36.0 Å². The Balaban J connectivity index is 1.25. The summed E-state index contributed by atoms with van der Waals surface area (Å²) in [5.74, 6) is -2.51. The van der Waals surface area contributed by atoms with Gasteiger partial charge in [0.25, 0.3) is 6.01 Å². The van der Waals surface area contributed by atoms with Gasteiger partial charge in [-0.05, 0) is 74.0 Å². The lowest BCUT2D eigenvalue weighted by Gasteiger charge is -2.36. The van der Waals surface area contributed by atoms with Crippen molar-refractivity contribution in [3.05, 3.63) is 47.1 Å². The number of rotatable bonds is 18. The van der Waals surface area contributed by atoms with Crippen LogP contribution in [0.2, 0.25) is 5.02 Å². The number of para-hydroxylation sites is 1. The Hall–Kier alpha value is -4.12. The molecule has 11 nitrogen and oxygen atoms in total. The summed E-state index contributed by atoms with van der Waals surface area (Å²) < 4.78 is 12.3. The number of Topliss-reactive ketones (excluding diaryl/α,β-unsaturated/α-hetero) is 4. The molecule has 3 heterocycles. The lowest BCUT2D eigenvalue weighted by atomic mass is 9.74. The van der Waals surface area contributed by atoms with Crippen LogP contribution in [0.1, 0.15) is 117 Å². The van der Waals surface area contributed by atoms with Crippen LogP contribution in [0.25, 0.3) is 11.1 Å². The first-order valence-corrected chi connectivity index (χ1v) is 20.9. The van der Waals surface area contributed by atoms with Crippen molar-refractivity contribution in [2.75, 3.05) is 11.9 Å². The molecule has 6 rings (SSSR count). The Morgan fingerprint density at radius 1 is 1.02 bits per heavy atom. The summed E-state index contributed by atoms with van der Waals surface area (Å²) in [4.78, 5) is 80.7. The molecule has 0 radical (unpaired) electrons. The second-order valence-corrected chi connectivity index (χ2v) is 17.9. The molecule has 1 amide bonds. The number of nitrogens with zero attached hydrogens (tertiary/aromatic N) is 3. The predicted octanol–water partition coefficient (Wildman–Crippen LogP) is 8.53. The van der Waals surface area contributed by atoms with Gasteiger partial charge in [-0.15, -0.1) is 0 Å². The third kappa shape index (κ3) is 10.2. The van der Waals surface area contributed by atoms with E-state index in [1.165, 1.54) is 6.20 Å². The van der Waals surface area contributed by atoms with Crippen molar-refractivity contribution in [3.8, 4) is 5.88 Å². The standard InChI is InChI=1S/C44H57ClN4O7/c1-6-11-29(41(53)36(52)20-27-16-17-27)21-34(50)33-22-31(55-38-19-18-30(45)24-46-38)25-49(33)42(54)32(44(3,4)5)23-35(51)40(28-13-8-7-9-14-28)48-43-47-39-26(2)12-10-15-37(39)56-43/h10,12,15,18-19,24,27-29,31-33,40H,6-9,11,13-14,16-17,20-23,25H2,1-5H3,(H,47,48)/t29-,31-,32-,33+,40+/m1/s1. The summed E-state index contributed by atoms with van der Waals surface area (Å²) in [7, 11) is 0. The normalized spacial score (nSPS) is 20.7. The molecule has 0 spiro atoms. The molecular weight excluding hydrogens is 732 g/mol. The number of benzene rings is 1. The molecule has 56 heavy (non-hydrogen) atoms. The van der Waals surface area contributed by atoms with Crippen molar-refractivity contribution >= 4 is 57.8 Å². The van der Waals surface area contributed by atoms with Crippen molar-refractivity contribution < 1.29 is 33.1 Å². The van der Waals surface area contributed by atoms with Crippen LogP contribution in [0.5, 0.6) is 5.88 Å². The largest absolute Gasteiger partial charge is 0.472 e. The number of pyridine rings is 1. The van der Waals surface area contributed by atoms with Gasteiger partial charge in [-0.3, -0.25) is 24.0 Å². The Labute approximate surface area is 335 Å². The minimum Gasteiger partial charge on any atom is -0.472 e. The van der Waals surface area contributed by atoms with E-state index in [9.17, 15) is 24.0 Å². The van der Waals surface area contributed by atoms with Gasteiger partial charge in [0, 0.05) is 49.8 Å². The molecule has 0 unspecified atom stereocenters. The van der Waals surface area contributed by atoms with Gasteiger partial charge >= 0.3 is 0 Å². The van der Waals surface area contributed by atoms with Gasteiger partial charge in [-0.1, -0.05) is 77.1 Å². The van der Waals surface area contributed by atoms with E-state index in [0.717, 1.165) is 56.0 Å². The van der Waals surface area contributed by atoms with Crippen LogP contribution in [0.4, 0.5) is 6.01 Å². The van der Waals surface area contributed by atoms with Gasteiger partial charge in [-0.2, -0.15) is 4.98 Å². The van der Waals surface area contributed by atoms with Gasteiger partial charge < -0.3 is 19.4 Å². The van der Waals surface area contributed by atoms with E-state index in [2.05, 4.69) is 10.3 Å². The highest BCUT2D eigenvalue weighted by molar-refractivity contribution is 6.38. The number of hydrogen-bond acceptors (Lipinski definition) is 10. The number of fused-ring (bicyclic) bond motifs is 1. The molecule has 2 aromatic heterocycles. The lowest BCUT2D eigenvalue weighted by molar-refractivity contribution is -0.147. The van der Waals surface area contributed by atoms with Crippen LogP contribution >= 0.6 is 11.6 Å². The van der Waals surface area contributed by atoms with Gasteiger partial charge in [-0.25, -0.2) is 4.98 Å². The van der Waals surface area contributed by atoms with E-state index < -0.39 is 47.0 Å². The molecule has 302 valence electrons. The molecular formula is C44H57ClN4O7. The van der Waals surface area contributed by atoms with Crippen molar-refractivity contribution in [2.24, 2.45) is 29.1 Å². The second kappa shape index (κ2) is 18.0. The summed E-state index contributed by atoms with van der Waals surface area (Å²) in [6.45, 7) is 9.81. The first kappa shape index (κ1) is 41.5. The smallest absolute Gasteiger partial charge is 0.296 e. The molecule has 0 bridgehead atoms. The fourth-order valence-electron chi connectivity index (χ4n) is 8.50. The molecule has 2 saturated carbocycles. The summed E-state index contributed by atoms with van der Waals surface area (Å²) >= 11 is 6.06. The fraction of sp³-hybridized carbons (Fsp3) is 0.614. The minimum atomic E-state index is -0.902. The van der Waals surface area contributed by atoms with Gasteiger partial charge in [0.15, 0.2) is 22.9 Å². The number of carbonyl (C=O) groups is 5. The second-order valence-electron chi connectivity index (χ2n) is 17.4. The molecule has 3 aromatic rings. The van der Waals surface area contributed by atoms with Crippen LogP contribution in [-0.4, -0.2) is 68.6 Å². The van der Waals surface area contributed by atoms with Crippen molar-refractivity contribution in [2.45, 2.75) is 136 Å². The van der Waals surface area contributed by atoms with Gasteiger partial charge in [0.05, 0.1) is 23.7 Å². The topological polar surface area (TPSA) is 149 Å². The van der Waals surface area contributed by atoms with E-state index in [1.54, 1.807) is 17.0 Å². The molecule has 2 aliphatic carbocycles. The number of halogens is 1. The highest BCUT2D eigenvalue weighted by Crippen LogP contribution is 2.38. The Kier molecular flexibility index (Phi) is 13.3. The average molecular weight is 789 g/mol. The number of ether oxygens (including phenoxy) is 1. The quantitative estimate of drug-likeness (QED) is 0.124. The number of aromatic nitrogens is 2. The molecule has 12 heteroatoms. The molecule has 1 saturated heterocycles.